The minimum Gasteiger partial charge on any atom is -0.326 e. The Morgan fingerprint density at radius 1 is 1.15 bits per heavy atom. The van der Waals surface area contributed by atoms with E-state index in [2.05, 4.69) is 31.2 Å². The summed E-state index contributed by atoms with van der Waals surface area (Å²) in [5.74, 6) is 0. The highest BCUT2D eigenvalue weighted by Gasteiger charge is 2.27. The van der Waals surface area contributed by atoms with Gasteiger partial charge < -0.3 is 10.3 Å². The summed E-state index contributed by atoms with van der Waals surface area (Å²) in [5.41, 5.74) is 9.86. The van der Waals surface area contributed by atoms with Gasteiger partial charge in [-0.05, 0) is 36.5 Å². The highest BCUT2D eigenvalue weighted by Crippen LogP contribution is 2.37. The molecule has 1 saturated carbocycles. The summed E-state index contributed by atoms with van der Waals surface area (Å²) in [6, 6.07) is 12.7. The third kappa shape index (κ3) is 2.29. The third-order valence-electron chi connectivity index (χ3n) is 3.99. The molecular weight excluding hydrogens is 248 g/mol. The zero-order chi connectivity index (χ0) is 14.1. The molecular formula is C17H20N2O. The van der Waals surface area contributed by atoms with Gasteiger partial charge in [0.25, 0.3) is 5.56 Å². The van der Waals surface area contributed by atoms with Crippen LogP contribution in [0.3, 0.4) is 0 Å². The minimum atomic E-state index is 0.0760. The van der Waals surface area contributed by atoms with Crippen LogP contribution in [0.25, 0.3) is 11.3 Å². The molecule has 104 valence electrons. The van der Waals surface area contributed by atoms with Gasteiger partial charge in [0.15, 0.2) is 0 Å². The van der Waals surface area contributed by atoms with E-state index >= 15 is 0 Å². The van der Waals surface area contributed by atoms with Crippen LogP contribution in [-0.2, 0) is 13.0 Å². The molecule has 0 saturated heterocycles. The van der Waals surface area contributed by atoms with Crippen molar-refractivity contribution < 1.29 is 0 Å². The largest absolute Gasteiger partial charge is 0.326 e. The first-order valence-electron chi connectivity index (χ1n) is 7.28. The third-order valence-corrected chi connectivity index (χ3v) is 3.99. The molecule has 2 N–H and O–H groups in total. The molecule has 1 heterocycles. The molecule has 0 spiro atoms. The van der Waals surface area contributed by atoms with Crippen molar-refractivity contribution in [2.24, 2.45) is 5.73 Å². The number of benzene rings is 1. The van der Waals surface area contributed by atoms with Gasteiger partial charge >= 0.3 is 0 Å². The van der Waals surface area contributed by atoms with Crippen LogP contribution in [0.2, 0.25) is 0 Å². The molecule has 3 nitrogen and oxygen atoms in total. The Morgan fingerprint density at radius 2 is 1.85 bits per heavy atom. The summed E-state index contributed by atoms with van der Waals surface area (Å²) >= 11 is 0. The van der Waals surface area contributed by atoms with E-state index in [-0.39, 0.29) is 5.56 Å². The first kappa shape index (κ1) is 13.1. The van der Waals surface area contributed by atoms with Gasteiger partial charge in [-0.25, -0.2) is 0 Å². The molecule has 3 rings (SSSR count). The molecule has 1 fully saturated rings. The van der Waals surface area contributed by atoms with Crippen LogP contribution in [0, 0.1) is 0 Å². The van der Waals surface area contributed by atoms with Gasteiger partial charge in [-0.3, -0.25) is 4.79 Å². The van der Waals surface area contributed by atoms with E-state index in [1.807, 2.05) is 16.7 Å². The Balaban J connectivity index is 2.12. The van der Waals surface area contributed by atoms with Gasteiger partial charge in [0.2, 0.25) is 0 Å². The first-order valence-corrected chi connectivity index (χ1v) is 7.28. The van der Waals surface area contributed by atoms with Crippen molar-refractivity contribution in [1.29, 1.82) is 0 Å². The Morgan fingerprint density at radius 3 is 2.40 bits per heavy atom. The summed E-state index contributed by atoms with van der Waals surface area (Å²) in [6.45, 7) is 2.45. The quantitative estimate of drug-likeness (QED) is 0.927. The second-order valence-electron chi connectivity index (χ2n) is 5.40. The standard InChI is InChI=1S/C17H20N2O/c1-2-12-3-5-13(6-4-12)16-10-7-14(11-18)17(20)19(16)15-8-9-15/h3-7,10,15H,2,8-9,11,18H2,1H3. The highest BCUT2D eigenvalue weighted by atomic mass is 16.1. The summed E-state index contributed by atoms with van der Waals surface area (Å²) in [4.78, 5) is 12.5. The van der Waals surface area contributed by atoms with Crippen LogP contribution in [0.15, 0.2) is 41.2 Å². The normalized spacial score (nSPS) is 14.5. The molecule has 20 heavy (non-hydrogen) atoms. The molecule has 0 unspecified atom stereocenters. The average Bonchev–Trinajstić information content (AvgIpc) is 3.31. The van der Waals surface area contributed by atoms with Crippen molar-refractivity contribution in [2.45, 2.75) is 38.8 Å². The fourth-order valence-electron chi connectivity index (χ4n) is 2.59. The molecule has 3 heteroatoms. The molecule has 0 atom stereocenters. The molecule has 1 aromatic carbocycles. The monoisotopic (exact) mass is 268 g/mol. The second kappa shape index (κ2) is 5.25. The zero-order valence-electron chi connectivity index (χ0n) is 11.8. The van der Waals surface area contributed by atoms with Crippen molar-refractivity contribution in [2.75, 3.05) is 0 Å². The van der Waals surface area contributed by atoms with E-state index in [9.17, 15) is 4.79 Å². The van der Waals surface area contributed by atoms with E-state index < -0.39 is 0 Å². The Kier molecular flexibility index (Phi) is 3.45. The average molecular weight is 268 g/mol. The maximum absolute atomic E-state index is 12.5. The van der Waals surface area contributed by atoms with Crippen molar-refractivity contribution in [3.8, 4) is 11.3 Å². The summed E-state index contributed by atoms with van der Waals surface area (Å²) < 4.78 is 1.93. The number of rotatable bonds is 4. The highest BCUT2D eigenvalue weighted by molar-refractivity contribution is 5.60. The molecule has 0 radical (unpaired) electrons. The number of aryl methyl sites for hydroxylation is 1. The zero-order valence-corrected chi connectivity index (χ0v) is 11.8. The van der Waals surface area contributed by atoms with E-state index in [0.29, 0.717) is 18.2 Å². The van der Waals surface area contributed by atoms with Gasteiger partial charge in [-0.15, -0.1) is 0 Å². The maximum Gasteiger partial charge on any atom is 0.255 e. The van der Waals surface area contributed by atoms with Gasteiger partial charge in [0.05, 0.1) is 5.69 Å². The second-order valence-corrected chi connectivity index (χ2v) is 5.40. The van der Waals surface area contributed by atoms with E-state index in [1.54, 1.807) is 0 Å². The van der Waals surface area contributed by atoms with E-state index in [0.717, 1.165) is 30.5 Å². The number of nitrogens with two attached hydrogens (primary N) is 1. The first-order chi connectivity index (χ1) is 9.74. The number of aromatic nitrogens is 1. The maximum atomic E-state index is 12.5. The topological polar surface area (TPSA) is 48.0 Å². The van der Waals surface area contributed by atoms with Crippen molar-refractivity contribution >= 4 is 0 Å². The molecule has 1 aliphatic carbocycles. The van der Waals surface area contributed by atoms with Crippen LogP contribution < -0.4 is 11.3 Å². The summed E-state index contributed by atoms with van der Waals surface area (Å²) in [7, 11) is 0. The van der Waals surface area contributed by atoms with E-state index in [1.165, 1.54) is 5.56 Å². The van der Waals surface area contributed by atoms with Crippen LogP contribution in [0.1, 0.15) is 36.9 Å². The Hall–Kier alpha value is -1.87. The number of hydrogen-bond acceptors (Lipinski definition) is 2. The predicted octanol–water partition coefficient (Wildman–Crippen LogP) is 2.87. The molecule has 0 aliphatic heterocycles. The number of pyridine rings is 1. The van der Waals surface area contributed by atoms with Crippen molar-refractivity contribution in [1.82, 2.24) is 4.57 Å². The predicted molar refractivity (Wildman–Crippen MR) is 81.7 cm³/mol. The summed E-state index contributed by atoms with van der Waals surface area (Å²) in [6.07, 6.45) is 3.21. The lowest BCUT2D eigenvalue weighted by Gasteiger charge is -2.14. The van der Waals surface area contributed by atoms with Crippen molar-refractivity contribution in [3.05, 3.63) is 57.9 Å². The lowest BCUT2D eigenvalue weighted by Crippen LogP contribution is -2.25. The Labute approximate surface area is 119 Å². The van der Waals surface area contributed by atoms with Crippen LogP contribution in [0.5, 0.6) is 0 Å². The lowest BCUT2D eigenvalue weighted by atomic mass is 10.1. The van der Waals surface area contributed by atoms with Crippen LogP contribution >= 0.6 is 0 Å². The van der Waals surface area contributed by atoms with Gasteiger partial charge in [0, 0.05) is 18.2 Å². The SMILES string of the molecule is CCc1ccc(-c2ccc(CN)c(=O)n2C2CC2)cc1. The molecule has 0 bridgehead atoms. The van der Waals surface area contributed by atoms with Gasteiger partial charge in [0.1, 0.15) is 0 Å². The molecule has 0 amide bonds. The van der Waals surface area contributed by atoms with Crippen LogP contribution in [0.4, 0.5) is 0 Å². The summed E-state index contributed by atoms with van der Waals surface area (Å²) in [5, 5.41) is 0. The van der Waals surface area contributed by atoms with E-state index in [4.69, 9.17) is 5.73 Å². The fourth-order valence-corrected chi connectivity index (χ4v) is 2.59. The minimum absolute atomic E-state index is 0.0760. The van der Waals surface area contributed by atoms with Crippen molar-refractivity contribution in [3.63, 3.8) is 0 Å². The molecule has 1 aromatic heterocycles. The number of hydrogen-bond donors (Lipinski definition) is 1. The van der Waals surface area contributed by atoms with Gasteiger partial charge in [-0.2, -0.15) is 0 Å². The Bertz CT molecular complexity index is 666. The number of nitrogens with zero attached hydrogens (tertiary/aromatic N) is 1. The smallest absolute Gasteiger partial charge is 0.255 e. The molecule has 1 aliphatic rings. The lowest BCUT2D eigenvalue weighted by molar-refractivity contribution is 0.704. The molecule has 2 aromatic rings. The van der Waals surface area contributed by atoms with Crippen LogP contribution in [-0.4, -0.2) is 4.57 Å². The van der Waals surface area contributed by atoms with Gasteiger partial charge in [-0.1, -0.05) is 37.3 Å². The fraction of sp³-hybridized carbons (Fsp3) is 0.353.